The molecule has 0 saturated carbocycles. The normalized spacial score (nSPS) is 11.2. The highest BCUT2D eigenvalue weighted by molar-refractivity contribution is 7.98. The minimum atomic E-state index is 0.700. The van der Waals surface area contributed by atoms with Crippen molar-refractivity contribution >= 4 is 34.1 Å². The van der Waals surface area contributed by atoms with Gasteiger partial charge in [-0.15, -0.1) is 11.3 Å². The number of aromatic amines is 1. The smallest absolute Gasteiger partial charge is 0.177 e. The number of methoxy groups -OCH3 is 1. The number of hydrogen-bond donors (Lipinski definition) is 1. The zero-order chi connectivity index (χ0) is 15.6. The van der Waals surface area contributed by atoms with Crippen LogP contribution in [0.4, 0.5) is 0 Å². The molecule has 23 heavy (non-hydrogen) atoms. The molecule has 0 radical (unpaired) electrons. The van der Waals surface area contributed by atoms with E-state index in [0.717, 1.165) is 38.3 Å². The van der Waals surface area contributed by atoms with Crippen LogP contribution in [0, 0.1) is 0 Å². The highest BCUT2D eigenvalue weighted by atomic mass is 32.2. The van der Waals surface area contributed by atoms with E-state index in [4.69, 9.17) is 9.26 Å². The highest BCUT2D eigenvalue weighted by Gasteiger charge is 2.10. The van der Waals surface area contributed by atoms with Crippen LogP contribution in [0.1, 0.15) is 5.69 Å². The number of ether oxygens (including phenoxy) is 1. The maximum atomic E-state index is 5.39. The first-order valence-corrected chi connectivity index (χ1v) is 8.84. The summed E-state index contributed by atoms with van der Waals surface area (Å²) >= 11 is 3.24. The van der Waals surface area contributed by atoms with Crippen LogP contribution in [0.2, 0.25) is 0 Å². The molecule has 1 aromatic carbocycles. The number of benzene rings is 1. The van der Waals surface area contributed by atoms with Gasteiger partial charge in [-0.2, -0.15) is 0 Å². The van der Waals surface area contributed by atoms with Gasteiger partial charge in [0.1, 0.15) is 5.75 Å². The zero-order valence-corrected chi connectivity index (χ0v) is 13.9. The Morgan fingerprint density at radius 3 is 3.09 bits per heavy atom. The number of H-pyrrole nitrogens is 1. The van der Waals surface area contributed by atoms with Gasteiger partial charge >= 0.3 is 0 Å². The number of thiophene rings is 1. The fourth-order valence-corrected chi connectivity index (χ4v) is 3.66. The van der Waals surface area contributed by atoms with E-state index in [9.17, 15) is 0 Å². The van der Waals surface area contributed by atoms with Crippen LogP contribution < -0.4 is 4.74 Å². The maximum absolute atomic E-state index is 5.39. The largest absolute Gasteiger partial charge is 0.497 e. The summed E-state index contributed by atoms with van der Waals surface area (Å²) in [5, 5.41) is 7.00. The van der Waals surface area contributed by atoms with E-state index in [1.54, 1.807) is 30.2 Å². The quantitative estimate of drug-likeness (QED) is 0.537. The molecule has 4 aromatic rings. The van der Waals surface area contributed by atoms with Gasteiger partial charge in [0.05, 0.1) is 28.7 Å². The monoisotopic (exact) mass is 343 g/mol. The van der Waals surface area contributed by atoms with Gasteiger partial charge in [-0.25, -0.2) is 4.98 Å². The Morgan fingerprint density at radius 1 is 1.30 bits per heavy atom. The molecule has 5 nitrogen and oxygen atoms in total. The van der Waals surface area contributed by atoms with Crippen LogP contribution in [0.25, 0.3) is 21.7 Å². The molecule has 0 spiro atoms. The standard InChI is InChI=1S/C16H13N3O2S2/c1-20-11-4-5-12-13(8-11)18-16(17-12)23-9-10-7-14(21-19-10)15-3-2-6-22-15/h2-8H,9H2,1H3,(H,17,18). The molecule has 0 fully saturated rings. The lowest BCUT2D eigenvalue weighted by atomic mass is 10.3. The van der Waals surface area contributed by atoms with E-state index in [0.29, 0.717) is 5.75 Å². The summed E-state index contributed by atoms with van der Waals surface area (Å²) in [6.45, 7) is 0. The van der Waals surface area contributed by atoms with Gasteiger partial charge in [0.2, 0.25) is 0 Å². The Labute approximate surface area is 140 Å². The average molecular weight is 343 g/mol. The van der Waals surface area contributed by atoms with Gasteiger partial charge in [0.15, 0.2) is 10.9 Å². The Morgan fingerprint density at radius 2 is 2.26 bits per heavy atom. The third kappa shape index (κ3) is 2.97. The van der Waals surface area contributed by atoms with Crippen molar-refractivity contribution < 1.29 is 9.26 Å². The molecule has 0 bridgehead atoms. The van der Waals surface area contributed by atoms with Crippen molar-refractivity contribution in [2.45, 2.75) is 10.9 Å². The Bertz CT molecular complexity index is 928. The Hall–Kier alpha value is -2.25. The SMILES string of the molecule is COc1ccc2nc(SCc3cc(-c4cccs4)on3)[nH]c2c1. The number of nitrogens with zero attached hydrogens (tertiary/aromatic N) is 2. The van der Waals surface area contributed by atoms with Crippen molar-refractivity contribution in [1.29, 1.82) is 0 Å². The molecule has 0 atom stereocenters. The first-order chi connectivity index (χ1) is 11.3. The van der Waals surface area contributed by atoms with Gasteiger partial charge in [0.25, 0.3) is 0 Å². The lowest BCUT2D eigenvalue weighted by Gasteiger charge is -1.96. The predicted molar refractivity (Wildman–Crippen MR) is 92.0 cm³/mol. The molecule has 0 aliphatic heterocycles. The lowest BCUT2D eigenvalue weighted by molar-refractivity contribution is 0.415. The molecule has 1 N–H and O–H groups in total. The number of thioether (sulfide) groups is 1. The van der Waals surface area contributed by atoms with E-state index in [1.165, 1.54) is 0 Å². The summed E-state index contributed by atoms with van der Waals surface area (Å²) in [6, 6.07) is 11.8. The number of nitrogens with one attached hydrogen (secondary N) is 1. The van der Waals surface area contributed by atoms with Crippen LogP contribution in [-0.2, 0) is 5.75 Å². The third-order valence-electron chi connectivity index (χ3n) is 3.35. The van der Waals surface area contributed by atoms with Crippen molar-refractivity contribution in [3.8, 4) is 16.4 Å². The van der Waals surface area contributed by atoms with Crippen LogP contribution in [0.15, 0.2) is 51.5 Å². The van der Waals surface area contributed by atoms with Crippen molar-refractivity contribution in [3.63, 3.8) is 0 Å². The van der Waals surface area contributed by atoms with Gasteiger partial charge in [-0.3, -0.25) is 0 Å². The van der Waals surface area contributed by atoms with Crippen molar-refractivity contribution in [2.75, 3.05) is 7.11 Å². The van der Waals surface area contributed by atoms with Gasteiger partial charge in [0, 0.05) is 17.9 Å². The number of fused-ring (bicyclic) bond motifs is 1. The molecule has 0 amide bonds. The molecular formula is C16H13N3O2S2. The van der Waals surface area contributed by atoms with Crippen LogP contribution >= 0.6 is 23.1 Å². The molecule has 0 unspecified atom stereocenters. The number of rotatable bonds is 5. The van der Waals surface area contributed by atoms with E-state index in [-0.39, 0.29) is 0 Å². The van der Waals surface area contributed by atoms with Crippen LogP contribution in [-0.4, -0.2) is 22.2 Å². The van der Waals surface area contributed by atoms with E-state index < -0.39 is 0 Å². The molecule has 0 saturated heterocycles. The topological polar surface area (TPSA) is 63.9 Å². The van der Waals surface area contributed by atoms with Crippen molar-refractivity contribution in [3.05, 3.63) is 47.5 Å². The average Bonchev–Trinajstić information content (AvgIpc) is 3.30. The van der Waals surface area contributed by atoms with Crippen molar-refractivity contribution in [2.24, 2.45) is 0 Å². The second kappa shape index (κ2) is 6.10. The van der Waals surface area contributed by atoms with Crippen molar-refractivity contribution in [1.82, 2.24) is 15.1 Å². The fraction of sp³-hybridized carbons (Fsp3) is 0.125. The summed E-state index contributed by atoms with van der Waals surface area (Å²) in [5.74, 6) is 2.32. The molecule has 3 aromatic heterocycles. The van der Waals surface area contributed by atoms with Gasteiger partial charge < -0.3 is 14.2 Å². The summed E-state index contributed by atoms with van der Waals surface area (Å²) < 4.78 is 10.6. The van der Waals surface area contributed by atoms with E-state index >= 15 is 0 Å². The van der Waals surface area contributed by atoms with Crippen LogP contribution in [0.5, 0.6) is 5.75 Å². The number of aromatic nitrogens is 3. The molecule has 4 rings (SSSR count). The Kier molecular flexibility index (Phi) is 3.80. The molecule has 7 heteroatoms. The molecule has 0 aliphatic carbocycles. The first-order valence-electron chi connectivity index (χ1n) is 6.98. The lowest BCUT2D eigenvalue weighted by Crippen LogP contribution is -1.81. The van der Waals surface area contributed by atoms with Crippen LogP contribution in [0.3, 0.4) is 0 Å². The summed E-state index contributed by atoms with van der Waals surface area (Å²) in [5.41, 5.74) is 2.79. The predicted octanol–water partition coefficient (Wildman–Crippen LogP) is 4.58. The molecule has 3 heterocycles. The second-order valence-electron chi connectivity index (χ2n) is 4.87. The fourth-order valence-electron chi connectivity index (χ4n) is 2.22. The van der Waals surface area contributed by atoms with Gasteiger partial charge in [-0.05, 0) is 23.6 Å². The maximum Gasteiger partial charge on any atom is 0.177 e. The summed E-state index contributed by atoms with van der Waals surface area (Å²) in [4.78, 5) is 8.93. The molecule has 0 aliphatic rings. The second-order valence-corrected chi connectivity index (χ2v) is 6.79. The first kappa shape index (κ1) is 14.3. The van der Waals surface area contributed by atoms with Gasteiger partial charge in [-0.1, -0.05) is 23.0 Å². The number of imidazole rings is 1. The van der Waals surface area contributed by atoms with E-state index in [2.05, 4.69) is 15.1 Å². The third-order valence-corrected chi connectivity index (χ3v) is 5.14. The Balaban J connectivity index is 1.48. The minimum absolute atomic E-state index is 0.700. The highest BCUT2D eigenvalue weighted by Crippen LogP contribution is 2.28. The molecular weight excluding hydrogens is 330 g/mol. The number of hydrogen-bond acceptors (Lipinski definition) is 6. The summed E-state index contributed by atoms with van der Waals surface area (Å²) in [7, 11) is 1.66. The van der Waals surface area contributed by atoms with E-state index in [1.807, 2.05) is 41.8 Å². The molecule has 116 valence electrons. The minimum Gasteiger partial charge on any atom is -0.497 e. The summed E-state index contributed by atoms with van der Waals surface area (Å²) in [6.07, 6.45) is 0. The zero-order valence-electron chi connectivity index (χ0n) is 12.3.